The molecule has 0 atom stereocenters. The number of alkyl halides is 3. The molecule has 1 N–H and O–H groups in total. The Bertz CT molecular complexity index is 1680. The van der Waals surface area contributed by atoms with Crippen molar-refractivity contribution in [2.24, 2.45) is 0 Å². The second kappa shape index (κ2) is 9.93. The van der Waals surface area contributed by atoms with E-state index in [4.69, 9.17) is 0 Å². The van der Waals surface area contributed by atoms with Crippen molar-refractivity contribution in [2.45, 2.75) is 30.5 Å². The number of anilines is 2. The smallest absolute Gasteiger partial charge is 0.333 e. The number of hydrogen-bond acceptors (Lipinski definition) is 6. The van der Waals surface area contributed by atoms with Crippen LogP contribution in [0.4, 0.5) is 24.0 Å². The van der Waals surface area contributed by atoms with Crippen molar-refractivity contribution in [2.75, 3.05) is 29.3 Å². The fourth-order valence-corrected chi connectivity index (χ4v) is 6.44. The van der Waals surface area contributed by atoms with Crippen molar-refractivity contribution in [1.82, 2.24) is 14.5 Å². The Morgan fingerprint density at radius 1 is 1.05 bits per heavy atom. The third-order valence-electron chi connectivity index (χ3n) is 6.77. The van der Waals surface area contributed by atoms with Gasteiger partial charge >= 0.3 is 6.18 Å². The SMILES string of the molecule is CC(C)(C(=O)N1CCN(c2ccc(S(=O)(=O)Nc3nccs3)cc2)C(=O)C1)n1ccc2ccc(C(F)(F)F)cc21. The number of amides is 2. The minimum absolute atomic E-state index is 0.00194. The molecule has 40 heavy (non-hydrogen) atoms. The zero-order valence-electron chi connectivity index (χ0n) is 21.3. The Morgan fingerprint density at radius 3 is 2.40 bits per heavy atom. The molecule has 0 saturated carbocycles. The van der Waals surface area contributed by atoms with Crippen LogP contribution in [-0.2, 0) is 31.3 Å². The van der Waals surface area contributed by atoms with E-state index in [1.807, 2.05) is 0 Å². The lowest BCUT2D eigenvalue weighted by Gasteiger charge is -2.39. The number of nitrogens with zero attached hydrogens (tertiary/aromatic N) is 4. The van der Waals surface area contributed by atoms with Gasteiger partial charge < -0.3 is 14.4 Å². The maximum atomic E-state index is 13.6. The van der Waals surface area contributed by atoms with Crippen molar-refractivity contribution in [3.05, 3.63) is 71.9 Å². The van der Waals surface area contributed by atoms with Crippen molar-refractivity contribution in [3.8, 4) is 0 Å². The maximum Gasteiger partial charge on any atom is 0.416 e. The van der Waals surface area contributed by atoms with Crippen molar-refractivity contribution in [3.63, 3.8) is 0 Å². The molecule has 2 amide bonds. The highest BCUT2D eigenvalue weighted by Gasteiger charge is 2.39. The van der Waals surface area contributed by atoms with Crippen LogP contribution in [0.1, 0.15) is 19.4 Å². The van der Waals surface area contributed by atoms with Crippen LogP contribution in [0.25, 0.3) is 10.9 Å². The van der Waals surface area contributed by atoms with Gasteiger partial charge in [-0.05, 0) is 61.7 Å². The van der Waals surface area contributed by atoms with Crippen LogP contribution in [0, 0.1) is 0 Å². The lowest BCUT2D eigenvalue weighted by atomic mass is 10.0. The summed E-state index contributed by atoms with van der Waals surface area (Å²) < 4.78 is 69.0. The number of carbonyl (C=O) groups excluding carboxylic acids is 2. The first-order valence-electron chi connectivity index (χ1n) is 12.1. The molecule has 4 aromatic rings. The molecular formula is C26H24F3N5O4S2. The van der Waals surface area contributed by atoms with Crippen LogP contribution < -0.4 is 9.62 Å². The Labute approximate surface area is 231 Å². The molecule has 0 aliphatic carbocycles. The molecule has 5 rings (SSSR count). The highest BCUT2D eigenvalue weighted by molar-refractivity contribution is 7.93. The molecular weight excluding hydrogens is 567 g/mol. The number of rotatable bonds is 6. The Balaban J connectivity index is 1.30. The zero-order chi connectivity index (χ0) is 28.9. The molecule has 0 radical (unpaired) electrons. The summed E-state index contributed by atoms with van der Waals surface area (Å²) >= 11 is 1.14. The maximum absolute atomic E-state index is 13.6. The molecule has 9 nitrogen and oxygen atoms in total. The second-order valence-electron chi connectivity index (χ2n) is 9.72. The Hall–Kier alpha value is -3.91. The van der Waals surface area contributed by atoms with Gasteiger partial charge in [0.05, 0.1) is 10.5 Å². The fraction of sp³-hybridized carbons (Fsp3) is 0.269. The monoisotopic (exact) mass is 591 g/mol. The van der Waals surface area contributed by atoms with Crippen LogP contribution >= 0.6 is 11.3 Å². The van der Waals surface area contributed by atoms with E-state index in [0.717, 1.165) is 23.5 Å². The quantitative estimate of drug-likeness (QED) is 0.355. The second-order valence-corrected chi connectivity index (χ2v) is 12.3. The normalized spacial score (nSPS) is 15.1. The van der Waals surface area contributed by atoms with E-state index in [2.05, 4.69) is 9.71 Å². The lowest BCUT2D eigenvalue weighted by molar-refractivity contribution is -0.143. The average Bonchev–Trinajstić information content (AvgIpc) is 3.57. The number of fused-ring (bicyclic) bond motifs is 1. The van der Waals surface area contributed by atoms with Gasteiger partial charge in [0.15, 0.2) is 5.13 Å². The van der Waals surface area contributed by atoms with Gasteiger partial charge in [0, 0.05) is 42.1 Å². The molecule has 210 valence electrons. The van der Waals surface area contributed by atoms with Crippen LogP contribution in [-0.4, -0.2) is 54.3 Å². The number of halogens is 3. The van der Waals surface area contributed by atoms with Crippen molar-refractivity contribution < 1.29 is 31.2 Å². The first-order chi connectivity index (χ1) is 18.8. The third-order valence-corrected chi connectivity index (χ3v) is 8.94. The molecule has 3 heterocycles. The number of thiazole rings is 1. The molecule has 2 aromatic heterocycles. The summed E-state index contributed by atoms with van der Waals surface area (Å²) in [6.07, 6.45) is -1.48. The minimum atomic E-state index is -4.53. The van der Waals surface area contributed by atoms with Gasteiger partial charge in [-0.2, -0.15) is 13.2 Å². The lowest BCUT2D eigenvalue weighted by Crippen LogP contribution is -2.57. The van der Waals surface area contributed by atoms with Crippen LogP contribution in [0.2, 0.25) is 0 Å². The number of aromatic nitrogens is 2. The van der Waals surface area contributed by atoms with E-state index < -0.39 is 33.2 Å². The highest BCUT2D eigenvalue weighted by atomic mass is 32.2. The first-order valence-corrected chi connectivity index (χ1v) is 14.4. The van der Waals surface area contributed by atoms with E-state index in [1.165, 1.54) is 50.9 Å². The van der Waals surface area contributed by atoms with Gasteiger partial charge in [0.2, 0.25) is 11.8 Å². The van der Waals surface area contributed by atoms with Gasteiger partial charge in [0.25, 0.3) is 10.0 Å². The van der Waals surface area contributed by atoms with Gasteiger partial charge in [-0.25, -0.2) is 13.4 Å². The summed E-state index contributed by atoms with van der Waals surface area (Å²) in [6.45, 7) is 3.32. The van der Waals surface area contributed by atoms with E-state index in [1.54, 1.807) is 31.5 Å². The summed E-state index contributed by atoms with van der Waals surface area (Å²) in [7, 11) is -3.85. The van der Waals surface area contributed by atoms with E-state index in [9.17, 15) is 31.2 Å². The largest absolute Gasteiger partial charge is 0.416 e. The molecule has 1 aliphatic rings. The molecule has 2 aromatic carbocycles. The summed E-state index contributed by atoms with van der Waals surface area (Å²) in [5.41, 5.74) is -1.35. The Morgan fingerprint density at radius 2 is 1.77 bits per heavy atom. The highest BCUT2D eigenvalue weighted by Crippen LogP contribution is 2.34. The van der Waals surface area contributed by atoms with E-state index in [-0.39, 0.29) is 41.1 Å². The topological polar surface area (TPSA) is 105 Å². The molecule has 0 bridgehead atoms. The molecule has 1 saturated heterocycles. The third kappa shape index (κ3) is 5.16. The molecule has 14 heteroatoms. The molecule has 0 unspecified atom stereocenters. The molecule has 1 fully saturated rings. The standard InChI is InChI=1S/C26H24F3N5O4S2/c1-25(2,34-11-9-17-3-4-18(15-21(17)34)26(27,28)29)23(36)32-12-13-33(22(35)16-32)19-5-7-20(8-6-19)40(37,38)31-24-30-10-14-39-24/h3-11,14-15H,12-13,16H2,1-2H3,(H,30,31). The number of benzene rings is 2. The van der Waals surface area contributed by atoms with Crippen molar-refractivity contribution >= 4 is 54.9 Å². The van der Waals surface area contributed by atoms with Gasteiger partial charge in [-0.15, -0.1) is 11.3 Å². The van der Waals surface area contributed by atoms with Crippen LogP contribution in [0.5, 0.6) is 0 Å². The predicted octanol–water partition coefficient (Wildman–Crippen LogP) is 4.53. The summed E-state index contributed by atoms with van der Waals surface area (Å²) in [5, 5.41) is 2.43. The van der Waals surface area contributed by atoms with Gasteiger partial charge in [-0.1, -0.05) is 6.07 Å². The number of nitrogens with one attached hydrogen (secondary N) is 1. The summed E-state index contributed by atoms with van der Waals surface area (Å²) in [5.74, 6) is -0.784. The van der Waals surface area contributed by atoms with Crippen LogP contribution in [0.15, 0.2) is 71.2 Å². The van der Waals surface area contributed by atoms with Crippen LogP contribution in [0.3, 0.4) is 0 Å². The predicted molar refractivity (Wildman–Crippen MR) is 145 cm³/mol. The molecule has 0 spiro atoms. The van der Waals surface area contributed by atoms with Crippen molar-refractivity contribution in [1.29, 1.82) is 0 Å². The Kier molecular flexibility index (Phi) is 6.86. The average molecular weight is 592 g/mol. The molecule has 1 aliphatic heterocycles. The van der Waals surface area contributed by atoms with E-state index in [0.29, 0.717) is 11.1 Å². The van der Waals surface area contributed by atoms with Gasteiger partial charge in [-0.3, -0.25) is 14.3 Å². The summed E-state index contributed by atoms with van der Waals surface area (Å²) in [4.78, 5) is 33.4. The first kappa shape index (κ1) is 27.6. The van der Waals surface area contributed by atoms with E-state index >= 15 is 0 Å². The number of sulfonamides is 1. The number of carbonyl (C=O) groups is 2. The summed E-state index contributed by atoms with van der Waals surface area (Å²) in [6, 6.07) is 10.8. The number of hydrogen-bond donors (Lipinski definition) is 1. The number of piperazine rings is 1. The minimum Gasteiger partial charge on any atom is -0.333 e. The fourth-order valence-electron chi connectivity index (χ4n) is 4.65. The van der Waals surface area contributed by atoms with Gasteiger partial charge in [0.1, 0.15) is 12.1 Å². The zero-order valence-corrected chi connectivity index (χ0v) is 23.0.